The van der Waals surface area contributed by atoms with Crippen LogP contribution in [-0.4, -0.2) is 41.6 Å². The number of carbonyl (C=O) groups is 1. The fourth-order valence-corrected chi connectivity index (χ4v) is 3.12. The quantitative estimate of drug-likeness (QED) is 0.801. The van der Waals surface area contributed by atoms with Gasteiger partial charge in [-0.2, -0.15) is 0 Å². The van der Waals surface area contributed by atoms with Gasteiger partial charge in [0.1, 0.15) is 0 Å². The summed E-state index contributed by atoms with van der Waals surface area (Å²) >= 11 is 0. The Morgan fingerprint density at radius 1 is 1.38 bits per heavy atom. The molecule has 0 aliphatic carbocycles. The molecule has 0 bridgehead atoms. The third kappa shape index (κ3) is 2.22. The summed E-state index contributed by atoms with van der Waals surface area (Å²) in [6, 6.07) is 0. The molecule has 1 fully saturated rings. The van der Waals surface area contributed by atoms with Crippen LogP contribution in [0.15, 0.2) is 0 Å². The van der Waals surface area contributed by atoms with Crippen LogP contribution in [0.1, 0.15) is 27.7 Å². The first-order chi connectivity index (χ1) is 7.07. The second-order valence-electron chi connectivity index (χ2n) is 5.32. The van der Waals surface area contributed by atoms with Gasteiger partial charge in [0.15, 0.2) is 0 Å². The van der Waals surface area contributed by atoms with Gasteiger partial charge >= 0.3 is 5.97 Å². The Morgan fingerprint density at radius 3 is 2.12 bits per heavy atom. The minimum Gasteiger partial charge on any atom is -0.481 e. The first kappa shape index (κ1) is 13.4. The number of nitrogens with zero attached hydrogens (tertiary/aromatic N) is 1. The van der Waals surface area contributed by atoms with Gasteiger partial charge in [-0.25, -0.2) is 12.7 Å². The third-order valence-electron chi connectivity index (χ3n) is 3.09. The molecule has 1 atom stereocenters. The second kappa shape index (κ2) is 4.00. The molecule has 0 amide bonds. The van der Waals surface area contributed by atoms with Crippen LogP contribution in [0.25, 0.3) is 0 Å². The maximum Gasteiger partial charge on any atom is 0.306 e. The Morgan fingerprint density at radius 2 is 1.81 bits per heavy atom. The molecule has 5 nitrogen and oxygen atoms in total. The largest absolute Gasteiger partial charge is 0.481 e. The monoisotopic (exact) mass is 249 g/mol. The van der Waals surface area contributed by atoms with E-state index in [0.29, 0.717) is 13.1 Å². The average molecular weight is 249 g/mol. The van der Waals surface area contributed by atoms with Crippen molar-refractivity contribution in [3.05, 3.63) is 0 Å². The van der Waals surface area contributed by atoms with Crippen LogP contribution < -0.4 is 0 Å². The minimum absolute atomic E-state index is 0.0605. The van der Waals surface area contributed by atoms with Crippen molar-refractivity contribution in [1.29, 1.82) is 0 Å². The van der Waals surface area contributed by atoms with Crippen molar-refractivity contribution >= 4 is 16.0 Å². The first-order valence-electron chi connectivity index (χ1n) is 5.30. The Balaban J connectivity index is 2.64. The van der Waals surface area contributed by atoms with Crippen LogP contribution in [0.4, 0.5) is 0 Å². The summed E-state index contributed by atoms with van der Waals surface area (Å²) in [6.45, 7) is 7.22. The summed E-state index contributed by atoms with van der Waals surface area (Å²) in [5.41, 5.74) is 0. The average Bonchev–Trinajstić information content (AvgIpc) is 1.97. The van der Waals surface area contributed by atoms with Crippen molar-refractivity contribution in [3.63, 3.8) is 0 Å². The van der Waals surface area contributed by atoms with Gasteiger partial charge in [-0.1, -0.05) is 6.92 Å². The number of hydrogen-bond acceptors (Lipinski definition) is 3. The highest BCUT2D eigenvalue weighted by Gasteiger charge is 2.45. The lowest BCUT2D eigenvalue weighted by molar-refractivity contribution is -0.144. The van der Waals surface area contributed by atoms with E-state index in [2.05, 4.69) is 0 Å². The molecule has 1 N–H and O–H groups in total. The molecule has 1 unspecified atom stereocenters. The van der Waals surface area contributed by atoms with Crippen molar-refractivity contribution in [2.24, 2.45) is 11.8 Å². The smallest absolute Gasteiger partial charge is 0.306 e. The third-order valence-corrected chi connectivity index (χ3v) is 5.61. The Labute approximate surface area is 96.5 Å². The van der Waals surface area contributed by atoms with E-state index in [9.17, 15) is 13.2 Å². The molecule has 16 heavy (non-hydrogen) atoms. The number of rotatable bonds is 3. The molecule has 1 aliphatic rings. The van der Waals surface area contributed by atoms with Crippen molar-refractivity contribution in [2.75, 3.05) is 13.1 Å². The summed E-state index contributed by atoms with van der Waals surface area (Å²) in [4.78, 5) is 10.7. The van der Waals surface area contributed by atoms with Crippen LogP contribution in [0.5, 0.6) is 0 Å². The van der Waals surface area contributed by atoms with Gasteiger partial charge in [0, 0.05) is 13.1 Å². The van der Waals surface area contributed by atoms with Crippen molar-refractivity contribution in [2.45, 2.75) is 32.4 Å². The fraction of sp³-hybridized carbons (Fsp3) is 0.900. The Kier molecular flexibility index (Phi) is 3.36. The fourth-order valence-electron chi connectivity index (χ4n) is 1.57. The standard InChI is InChI=1S/C10H19NO4S/c1-7(9(12)13)8-5-11(6-8)16(14,15)10(2,3)4/h7-8H,5-6H2,1-4H3,(H,12,13). The molecule has 6 heteroatoms. The zero-order valence-corrected chi connectivity index (χ0v) is 10.9. The molecule has 1 saturated heterocycles. The van der Waals surface area contributed by atoms with Crippen molar-refractivity contribution in [3.8, 4) is 0 Å². The molecule has 1 rings (SSSR count). The number of aliphatic carboxylic acids is 1. The van der Waals surface area contributed by atoms with Crippen LogP contribution >= 0.6 is 0 Å². The summed E-state index contributed by atoms with van der Waals surface area (Å²) in [5, 5.41) is 8.80. The van der Waals surface area contributed by atoms with E-state index >= 15 is 0 Å². The lowest BCUT2D eigenvalue weighted by atomic mass is 9.89. The van der Waals surface area contributed by atoms with Crippen LogP contribution in [0.3, 0.4) is 0 Å². The summed E-state index contributed by atoms with van der Waals surface area (Å²) in [6.07, 6.45) is 0. The van der Waals surface area contributed by atoms with E-state index < -0.39 is 26.7 Å². The van der Waals surface area contributed by atoms with E-state index in [1.54, 1.807) is 27.7 Å². The van der Waals surface area contributed by atoms with E-state index in [-0.39, 0.29) is 5.92 Å². The molecule has 1 heterocycles. The normalized spacial score (nSPS) is 21.5. The molecule has 0 spiro atoms. The predicted molar refractivity (Wildman–Crippen MR) is 60.5 cm³/mol. The molecule has 94 valence electrons. The Bertz CT molecular complexity index is 376. The maximum absolute atomic E-state index is 12.0. The molecular weight excluding hydrogens is 230 g/mol. The zero-order chi connectivity index (χ0) is 12.7. The first-order valence-corrected chi connectivity index (χ1v) is 6.74. The highest BCUT2D eigenvalue weighted by molar-refractivity contribution is 7.90. The topological polar surface area (TPSA) is 74.7 Å². The number of hydrogen-bond donors (Lipinski definition) is 1. The summed E-state index contributed by atoms with van der Waals surface area (Å²) < 4.78 is 24.5. The molecule has 0 aromatic heterocycles. The molecule has 0 saturated carbocycles. The number of carboxylic acid groups (broad SMARTS) is 1. The summed E-state index contributed by atoms with van der Waals surface area (Å²) in [7, 11) is -3.29. The van der Waals surface area contributed by atoms with Gasteiger partial charge in [0.25, 0.3) is 0 Å². The van der Waals surface area contributed by atoms with Gasteiger partial charge in [-0.05, 0) is 26.7 Å². The lowest BCUT2D eigenvalue weighted by Gasteiger charge is -2.43. The number of carboxylic acids is 1. The minimum atomic E-state index is -3.29. The van der Waals surface area contributed by atoms with E-state index in [1.165, 1.54) is 4.31 Å². The second-order valence-corrected chi connectivity index (χ2v) is 8.01. The zero-order valence-electron chi connectivity index (χ0n) is 10.1. The van der Waals surface area contributed by atoms with Gasteiger partial charge < -0.3 is 5.11 Å². The van der Waals surface area contributed by atoms with E-state index in [4.69, 9.17) is 5.11 Å². The van der Waals surface area contributed by atoms with Gasteiger partial charge in [0.2, 0.25) is 10.0 Å². The molecular formula is C10H19NO4S. The molecule has 0 aromatic carbocycles. The van der Waals surface area contributed by atoms with Gasteiger partial charge in [-0.15, -0.1) is 0 Å². The highest BCUT2D eigenvalue weighted by atomic mass is 32.2. The lowest BCUT2D eigenvalue weighted by Crippen LogP contribution is -2.57. The molecule has 0 aromatic rings. The van der Waals surface area contributed by atoms with Crippen LogP contribution in [0, 0.1) is 11.8 Å². The van der Waals surface area contributed by atoms with Gasteiger partial charge in [-0.3, -0.25) is 4.79 Å². The number of sulfonamides is 1. The van der Waals surface area contributed by atoms with Crippen LogP contribution in [-0.2, 0) is 14.8 Å². The van der Waals surface area contributed by atoms with Crippen molar-refractivity contribution in [1.82, 2.24) is 4.31 Å². The van der Waals surface area contributed by atoms with Crippen LogP contribution in [0.2, 0.25) is 0 Å². The highest BCUT2D eigenvalue weighted by Crippen LogP contribution is 2.31. The summed E-state index contributed by atoms with van der Waals surface area (Å²) in [5.74, 6) is -1.40. The van der Waals surface area contributed by atoms with Crippen molar-refractivity contribution < 1.29 is 18.3 Å². The van der Waals surface area contributed by atoms with Gasteiger partial charge in [0.05, 0.1) is 10.7 Å². The van der Waals surface area contributed by atoms with E-state index in [1.807, 2.05) is 0 Å². The predicted octanol–water partition coefficient (Wildman–Crippen LogP) is 0.767. The van der Waals surface area contributed by atoms with E-state index in [0.717, 1.165) is 0 Å². The maximum atomic E-state index is 12.0. The molecule has 1 aliphatic heterocycles. The Hall–Kier alpha value is -0.620. The molecule has 0 radical (unpaired) electrons. The SMILES string of the molecule is CC(C(=O)O)C1CN(S(=O)(=O)C(C)(C)C)C1.